The summed E-state index contributed by atoms with van der Waals surface area (Å²) in [6.07, 6.45) is 0.796. The number of urea groups is 1. The molecule has 6 heteroatoms. The van der Waals surface area contributed by atoms with Gasteiger partial charge >= 0.3 is 12.0 Å². The number of nitrogens with zero attached hydrogens (tertiary/aromatic N) is 1. The molecule has 0 fully saturated rings. The Bertz CT molecular complexity index is 292. The number of carbonyl (C=O) groups is 2. The summed E-state index contributed by atoms with van der Waals surface area (Å²) in [4.78, 5) is 24.6. The maximum absolute atomic E-state index is 12.1. The average Bonchev–Trinajstić information content (AvgIpc) is 2.28. The van der Waals surface area contributed by atoms with E-state index in [1.807, 2.05) is 13.8 Å². The van der Waals surface area contributed by atoms with Crippen LogP contribution >= 0.6 is 0 Å². The van der Waals surface area contributed by atoms with Crippen molar-refractivity contribution in [3.63, 3.8) is 0 Å². The Morgan fingerprint density at radius 2 is 2.00 bits per heavy atom. The van der Waals surface area contributed by atoms with Crippen LogP contribution in [0.1, 0.15) is 34.1 Å². The molecule has 2 N–H and O–H groups in total. The molecule has 0 bridgehead atoms. The van der Waals surface area contributed by atoms with Crippen LogP contribution < -0.4 is 5.32 Å². The summed E-state index contributed by atoms with van der Waals surface area (Å²) in [7, 11) is 1.56. The fourth-order valence-electron chi connectivity index (χ4n) is 1.32. The van der Waals surface area contributed by atoms with E-state index in [1.54, 1.807) is 12.0 Å². The summed E-state index contributed by atoms with van der Waals surface area (Å²) < 4.78 is 4.96. The number of carbonyl (C=O) groups excluding carboxylic acids is 1. The van der Waals surface area contributed by atoms with Gasteiger partial charge in [-0.15, -0.1) is 0 Å². The number of rotatable bonds is 7. The number of hydrogen-bond acceptors (Lipinski definition) is 3. The number of carboxylic acid groups (broad SMARTS) is 1. The molecule has 0 heterocycles. The predicted molar refractivity (Wildman–Crippen MR) is 68.6 cm³/mol. The van der Waals surface area contributed by atoms with Crippen LogP contribution in [-0.4, -0.2) is 53.8 Å². The second-order valence-corrected chi connectivity index (χ2v) is 4.80. The molecule has 0 rings (SSSR count). The van der Waals surface area contributed by atoms with Crippen LogP contribution in [0, 0.1) is 0 Å². The van der Waals surface area contributed by atoms with Crippen LogP contribution in [0.25, 0.3) is 0 Å². The Labute approximate surface area is 108 Å². The number of carboxylic acids is 1. The van der Waals surface area contributed by atoms with Crippen molar-refractivity contribution in [3.8, 4) is 0 Å². The van der Waals surface area contributed by atoms with Gasteiger partial charge < -0.3 is 20.1 Å². The molecule has 0 aromatic carbocycles. The topological polar surface area (TPSA) is 78.9 Å². The molecule has 1 unspecified atom stereocenters. The second kappa shape index (κ2) is 7.20. The van der Waals surface area contributed by atoms with Gasteiger partial charge in [0.1, 0.15) is 5.54 Å². The third-order valence-corrected chi connectivity index (χ3v) is 2.87. The van der Waals surface area contributed by atoms with Crippen molar-refractivity contribution < 1.29 is 19.4 Å². The lowest BCUT2D eigenvalue weighted by atomic mass is 10.1. The molecule has 1 atom stereocenters. The SMILES string of the molecule is CCC(C)N(CCOC)C(=O)NC(C)(C)C(=O)O. The first-order chi connectivity index (χ1) is 8.26. The first kappa shape index (κ1) is 16.7. The van der Waals surface area contributed by atoms with Crippen molar-refractivity contribution in [2.45, 2.75) is 45.7 Å². The van der Waals surface area contributed by atoms with Gasteiger partial charge in [-0.05, 0) is 27.2 Å². The largest absolute Gasteiger partial charge is 0.480 e. The Balaban J connectivity index is 4.70. The molecule has 0 spiro atoms. The van der Waals surface area contributed by atoms with Gasteiger partial charge in [-0.2, -0.15) is 0 Å². The summed E-state index contributed by atoms with van der Waals surface area (Å²) in [5.41, 5.74) is -1.28. The number of methoxy groups -OCH3 is 1. The lowest BCUT2D eigenvalue weighted by Gasteiger charge is -2.32. The van der Waals surface area contributed by atoms with Crippen LogP contribution in [0.15, 0.2) is 0 Å². The highest BCUT2D eigenvalue weighted by atomic mass is 16.5. The summed E-state index contributed by atoms with van der Waals surface area (Å²) in [5, 5.41) is 11.5. The van der Waals surface area contributed by atoms with Crippen molar-refractivity contribution in [1.82, 2.24) is 10.2 Å². The van der Waals surface area contributed by atoms with Crippen LogP contribution in [-0.2, 0) is 9.53 Å². The Morgan fingerprint density at radius 3 is 2.39 bits per heavy atom. The normalized spacial score (nSPS) is 12.9. The smallest absolute Gasteiger partial charge is 0.328 e. The molecule has 0 aromatic heterocycles. The van der Waals surface area contributed by atoms with Crippen molar-refractivity contribution in [2.24, 2.45) is 0 Å². The molecule has 0 aromatic rings. The molecule has 6 nitrogen and oxygen atoms in total. The number of nitrogens with one attached hydrogen (secondary N) is 1. The van der Waals surface area contributed by atoms with Gasteiger partial charge in [0.25, 0.3) is 0 Å². The highest BCUT2D eigenvalue weighted by Gasteiger charge is 2.31. The van der Waals surface area contributed by atoms with Gasteiger partial charge in [-0.25, -0.2) is 9.59 Å². The summed E-state index contributed by atoms with van der Waals surface area (Å²) >= 11 is 0. The summed E-state index contributed by atoms with van der Waals surface area (Å²) in [6.45, 7) is 7.66. The molecule has 0 saturated carbocycles. The van der Waals surface area contributed by atoms with Crippen molar-refractivity contribution in [2.75, 3.05) is 20.3 Å². The van der Waals surface area contributed by atoms with E-state index in [9.17, 15) is 9.59 Å². The molecular weight excluding hydrogens is 236 g/mol. The molecule has 0 saturated heterocycles. The number of hydrogen-bond donors (Lipinski definition) is 2. The van der Waals surface area contributed by atoms with E-state index in [-0.39, 0.29) is 12.1 Å². The van der Waals surface area contributed by atoms with E-state index >= 15 is 0 Å². The lowest BCUT2D eigenvalue weighted by molar-refractivity contribution is -0.143. The van der Waals surface area contributed by atoms with Gasteiger partial charge in [0.15, 0.2) is 0 Å². The van der Waals surface area contributed by atoms with E-state index in [4.69, 9.17) is 9.84 Å². The first-order valence-electron chi connectivity index (χ1n) is 6.07. The maximum Gasteiger partial charge on any atom is 0.328 e. The molecule has 0 aliphatic rings. The number of amides is 2. The van der Waals surface area contributed by atoms with Gasteiger partial charge in [-0.1, -0.05) is 6.92 Å². The van der Waals surface area contributed by atoms with Crippen molar-refractivity contribution in [3.05, 3.63) is 0 Å². The molecular formula is C12H24N2O4. The van der Waals surface area contributed by atoms with Gasteiger partial charge in [0, 0.05) is 19.7 Å². The van der Waals surface area contributed by atoms with E-state index in [0.717, 1.165) is 6.42 Å². The van der Waals surface area contributed by atoms with Gasteiger partial charge in [-0.3, -0.25) is 0 Å². The van der Waals surface area contributed by atoms with Gasteiger partial charge in [0.2, 0.25) is 0 Å². The minimum atomic E-state index is -1.28. The molecule has 2 amide bonds. The van der Waals surface area contributed by atoms with E-state index in [0.29, 0.717) is 13.2 Å². The molecule has 0 aliphatic heterocycles. The van der Waals surface area contributed by atoms with Gasteiger partial charge in [0.05, 0.1) is 6.61 Å². The summed E-state index contributed by atoms with van der Waals surface area (Å²) in [5.74, 6) is -1.06. The Morgan fingerprint density at radius 1 is 1.44 bits per heavy atom. The predicted octanol–water partition coefficient (Wildman–Crippen LogP) is 1.31. The first-order valence-corrected chi connectivity index (χ1v) is 6.07. The monoisotopic (exact) mass is 260 g/mol. The molecule has 0 radical (unpaired) electrons. The third kappa shape index (κ3) is 4.91. The zero-order chi connectivity index (χ0) is 14.3. The molecule has 106 valence electrons. The minimum absolute atomic E-state index is 0.0322. The fourth-order valence-corrected chi connectivity index (χ4v) is 1.32. The van der Waals surface area contributed by atoms with E-state index < -0.39 is 11.5 Å². The molecule has 0 aliphatic carbocycles. The van der Waals surface area contributed by atoms with E-state index in [2.05, 4.69) is 5.32 Å². The quantitative estimate of drug-likeness (QED) is 0.723. The number of ether oxygens (including phenoxy) is 1. The Kier molecular flexibility index (Phi) is 6.68. The minimum Gasteiger partial charge on any atom is -0.480 e. The second-order valence-electron chi connectivity index (χ2n) is 4.80. The average molecular weight is 260 g/mol. The van der Waals surface area contributed by atoms with Crippen LogP contribution in [0.3, 0.4) is 0 Å². The summed E-state index contributed by atoms with van der Waals surface area (Å²) in [6, 6.07) is -0.349. The maximum atomic E-state index is 12.1. The zero-order valence-corrected chi connectivity index (χ0v) is 11.8. The molecule has 18 heavy (non-hydrogen) atoms. The highest BCUT2D eigenvalue weighted by Crippen LogP contribution is 2.08. The Hall–Kier alpha value is -1.30. The van der Waals surface area contributed by atoms with Crippen molar-refractivity contribution in [1.29, 1.82) is 0 Å². The number of aliphatic carboxylic acids is 1. The standard InChI is InChI=1S/C12H24N2O4/c1-6-9(2)14(7-8-18-5)11(17)13-12(3,4)10(15)16/h9H,6-8H2,1-5H3,(H,13,17)(H,15,16). The fraction of sp³-hybridized carbons (Fsp3) is 0.833. The lowest BCUT2D eigenvalue weighted by Crippen LogP contribution is -2.56. The highest BCUT2D eigenvalue weighted by molar-refractivity contribution is 5.85. The van der Waals surface area contributed by atoms with E-state index in [1.165, 1.54) is 13.8 Å². The zero-order valence-electron chi connectivity index (χ0n) is 11.8. The van der Waals surface area contributed by atoms with Crippen LogP contribution in [0.5, 0.6) is 0 Å². The van der Waals surface area contributed by atoms with Crippen LogP contribution in [0.2, 0.25) is 0 Å². The third-order valence-electron chi connectivity index (χ3n) is 2.87. The van der Waals surface area contributed by atoms with Crippen LogP contribution in [0.4, 0.5) is 4.79 Å². The van der Waals surface area contributed by atoms with Crippen molar-refractivity contribution >= 4 is 12.0 Å².